The molecule has 0 spiro atoms. The van der Waals surface area contributed by atoms with Crippen LogP contribution in [0.1, 0.15) is 44.1 Å². The van der Waals surface area contributed by atoms with Crippen LogP contribution in [0.2, 0.25) is 0 Å². The van der Waals surface area contributed by atoms with E-state index in [-0.39, 0.29) is 23.9 Å². The third-order valence-electron chi connectivity index (χ3n) is 8.34. The molecule has 0 aliphatic carbocycles. The number of fused-ring (bicyclic) bond motifs is 2. The number of rotatable bonds is 6. The fourth-order valence-corrected chi connectivity index (χ4v) is 6.24. The second kappa shape index (κ2) is 11.6. The summed E-state index contributed by atoms with van der Waals surface area (Å²) in [6.07, 6.45) is 8.69. The Labute approximate surface area is 234 Å². The molecule has 9 nitrogen and oxygen atoms in total. The first kappa shape index (κ1) is 26.3. The van der Waals surface area contributed by atoms with Crippen molar-refractivity contribution in [1.29, 1.82) is 0 Å². The molecule has 4 heterocycles. The van der Waals surface area contributed by atoms with E-state index in [2.05, 4.69) is 46.0 Å². The zero-order chi connectivity index (χ0) is 27.5. The molecule has 2 atom stereocenters. The Morgan fingerprint density at radius 3 is 2.92 bits per heavy atom. The number of aryl methyl sites for hydroxylation is 1. The first-order chi connectivity index (χ1) is 19.6. The van der Waals surface area contributed by atoms with Crippen molar-refractivity contribution in [2.45, 2.75) is 51.5 Å². The predicted molar refractivity (Wildman–Crippen MR) is 159 cm³/mol. The molecule has 0 bridgehead atoms. The number of amides is 3. The van der Waals surface area contributed by atoms with Crippen molar-refractivity contribution in [1.82, 2.24) is 25.4 Å². The summed E-state index contributed by atoms with van der Waals surface area (Å²) in [5, 5.41) is 16.6. The maximum atomic E-state index is 14.3. The SMILES string of the molecule is Cc1cccc2ccnc(N(C(=O)N3CCCC(CCC(=O)Nc4ccc5cn[nH]c5c4)C3)[C@@H]3CCCNC3)c12. The number of H-pyrrole nitrogens is 1. The summed E-state index contributed by atoms with van der Waals surface area (Å²) in [5.41, 5.74) is 2.78. The van der Waals surface area contributed by atoms with Crippen molar-refractivity contribution in [2.75, 3.05) is 36.4 Å². The maximum absolute atomic E-state index is 14.3. The van der Waals surface area contributed by atoms with Crippen LogP contribution < -0.4 is 15.5 Å². The first-order valence-electron chi connectivity index (χ1n) is 14.4. The normalized spacial score (nSPS) is 19.6. The fourth-order valence-electron chi connectivity index (χ4n) is 6.24. The Kier molecular flexibility index (Phi) is 7.64. The van der Waals surface area contributed by atoms with E-state index in [1.54, 1.807) is 6.20 Å². The second-order valence-corrected chi connectivity index (χ2v) is 11.2. The number of carbonyl (C=O) groups is 2. The molecule has 9 heteroatoms. The van der Waals surface area contributed by atoms with Crippen molar-refractivity contribution in [3.8, 4) is 0 Å². The summed E-state index contributed by atoms with van der Waals surface area (Å²) >= 11 is 0. The molecule has 3 amide bonds. The van der Waals surface area contributed by atoms with Gasteiger partial charge in [-0.15, -0.1) is 0 Å². The Balaban J connectivity index is 1.15. The van der Waals surface area contributed by atoms with E-state index in [0.29, 0.717) is 13.0 Å². The van der Waals surface area contributed by atoms with Crippen molar-refractivity contribution in [2.24, 2.45) is 5.92 Å². The van der Waals surface area contributed by atoms with Gasteiger partial charge >= 0.3 is 6.03 Å². The summed E-state index contributed by atoms with van der Waals surface area (Å²) in [4.78, 5) is 35.8. The minimum absolute atomic E-state index is 0.00680. The maximum Gasteiger partial charge on any atom is 0.325 e. The third kappa shape index (κ3) is 5.51. The van der Waals surface area contributed by atoms with E-state index in [1.807, 2.05) is 40.3 Å². The molecular weight excluding hydrogens is 502 g/mol. The lowest BCUT2D eigenvalue weighted by atomic mass is 9.93. The summed E-state index contributed by atoms with van der Waals surface area (Å²) in [6.45, 7) is 5.21. The van der Waals surface area contributed by atoms with Gasteiger partial charge in [-0.05, 0) is 86.7 Å². The van der Waals surface area contributed by atoms with Gasteiger partial charge in [0.2, 0.25) is 5.91 Å². The van der Waals surface area contributed by atoms with Crippen molar-refractivity contribution < 1.29 is 9.59 Å². The number of aromatic amines is 1. The van der Waals surface area contributed by atoms with Gasteiger partial charge in [-0.25, -0.2) is 9.78 Å². The first-order valence-corrected chi connectivity index (χ1v) is 14.4. The number of nitrogens with zero attached hydrogens (tertiary/aromatic N) is 4. The third-order valence-corrected chi connectivity index (χ3v) is 8.34. The standard InChI is InChI=1S/C31H37N7O2/c1-21-5-2-7-23-13-15-33-30(29(21)23)38(26-8-3-14-32-19-26)31(40)37-16-4-6-22(20-37)9-12-28(39)35-25-11-10-24-18-34-36-27(24)17-25/h2,5,7,10-11,13,15,17-18,22,26,32H,3-4,6,8-9,12,14,16,19-20H2,1H3,(H,34,36)(H,35,39)/t22?,26-/m1/s1. The molecule has 2 aromatic carbocycles. The Bertz CT molecular complexity index is 1500. The fraction of sp³-hybridized carbons (Fsp3) is 0.419. The summed E-state index contributed by atoms with van der Waals surface area (Å²) in [7, 11) is 0. The molecular formula is C31H37N7O2. The number of likely N-dealkylation sites (tertiary alicyclic amines) is 1. The highest BCUT2D eigenvalue weighted by Crippen LogP contribution is 2.32. The summed E-state index contributed by atoms with van der Waals surface area (Å²) < 4.78 is 0. The number of nitrogens with one attached hydrogen (secondary N) is 3. The average molecular weight is 540 g/mol. The number of urea groups is 1. The van der Waals surface area contributed by atoms with E-state index >= 15 is 0 Å². The quantitative estimate of drug-likeness (QED) is 0.311. The highest BCUT2D eigenvalue weighted by Gasteiger charge is 2.34. The second-order valence-electron chi connectivity index (χ2n) is 11.2. The van der Waals surface area contributed by atoms with Gasteiger partial charge in [0, 0.05) is 48.7 Å². The number of anilines is 2. The van der Waals surface area contributed by atoms with Crippen LogP contribution in [0.25, 0.3) is 21.7 Å². The van der Waals surface area contributed by atoms with Gasteiger partial charge in [0.05, 0.1) is 17.8 Å². The molecule has 2 aliphatic rings. The molecule has 208 valence electrons. The molecule has 6 rings (SSSR count). The van der Waals surface area contributed by atoms with Crippen molar-refractivity contribution >= 4 is 45.1 Å². The zero-order valence-corrected chi connectivity index (χ0v) is 23.0. The van der Waals surface area contributed by atoms with Gasteiger partial charge in [-0.2, -0.15) is 5.10 Å². The largest absolute Gasteiger partial charge is 0.326 e. The summed E-state index contributed by atoms with van der Waals surface area (Å²) in [6, 6.07) is 14.1. The molecule has 2 aromatic heterocycles. The van der Waals surface area contributed by atoms with E-state index in [9.17, 15) is 9.59 Å². The lowest BCUT2D eigenvalue weighted by Crippen LogP contribution is -2.55. The number of carbonyl (C=O) groups excluding carboxylic acids is 2. The number of piperidine rings is 2. The molecule has 3 N–H and O–H groups in total. The molecule has 2 saturated heterocycles. The van der Waals surface area contributed by atoms with Crippen LogP contribution in [0, 0.1) is 12.8 Å². The number of aromatic nitrogens is 3. The minimum atomic E-state index is -0.00680. The molecule has 1 unspecified atom stereocenters. The average Bonchev–Trinajstić information content (AvgIpc) is 3.45. The van der Waals surface area contributed by atoms with Gasteiger partial charge in [0.25, 0.3) is 0 Å². The van der Waals surface area contributed by atoms with Crippen LogP contribution in [0.5, 0.6) is 0 Å². The highest BCUT2D eigenvalue weighted by atomic mass is 16.2. The molecule has 40 heavy (non-hydrogen) atoms. The van der Waals surface area contributed by atoms with Crippen molar-refractivity contribution in [3.05, 3.63) is 60.4 Å². The van der Waals surface area contributed by atoms with E-state index in [1.165, 1.54) is 0 Å². The van der Waals surface area contributed by atoms with E-state index in [0.717, 1.165) is 90.5 Å². The summed E-state index contributed by atoms with van der Waals surface area (Å²) in [5.74, 6) is 1.03. The van der Waals surface area contributed by atoms with Crippen LogP contribution >= 0.6 is 0 Å². The number of hydrogen-bond donors (Lipinski definition) is 3. The number of hydrogen-bond acceptors (Lipinski definition) is 5. The van der Waals surface area contributed by atoms with E-state index < -0.39 is 0 Å². The van der Waals surface area contributed by atoms with Crippen LogP contribution in [-0.2, 0) is 4.79 Å². The topological polar surface area (TPSA) is 106 Å². The van der Waals surface area contributed by atoms with Crippen molar-refractivity contribution in [3.63, 3.8) is 0 Å². The monoisotopic (exact) mass is 539 g/mol. The lowest BCUT2D eigenvalue weighted by Gasteiger charge is -2.40. The Hall–Kier alpha value is -3.98. The van der Waals surface area contributed by atoms with Gasteiger partial charge in [-0.3, -0.25) is 14.8 Å². The van der Waals surface area contributed by atoms with Crippen LogP contribution in [-0.4, -0.2) is 64.2 Å². The van der Waals surface area contributed by atoms with Gasteiger partial charge in [0.15, 0.2) is 0 Å². The molecule has 2 fully saturated rings. The van der Waals surface area contributed by atoms with Crippen LogP contribution in [0.4, 0.5) is 16.3 Å². The zero-order valence-electron chi connectivity index (χ0n) is 23.0. The number of benzene rings is 2. The predicted octanol–water partition coefficient (Wildman–Crippen LogP) is 5.23. The van der Waals surface area contributed by atoms with Crippen LogP contribution in [0.15, 0.2) is 54.9 Å². The Morgan fingerprint density at radius 1 is 1.12 bits per heavy atom. The van der Waals surface area contributed by atoms with Gasteiger partial charge in [-0.1, -0.05) is 18.2 Å². The molecule has 0 radical (unpaired) electrons. The minimum Gasteiger partial charge on any atom is -0.326 e. The molecule has 0 saturated carbocycles. The van der Waals surface area contributed by atoms with Crippen LogP contribution in [0.3, 0.4) is 0 Å². The smallest absolute Gasteiger partial charge is 0.325 e. The molecule has 2 aliphatic heterocycles. The number of pyridine rings is 1. The Morgan fingerprint density at radius 2 is 2.05 bits per heavy atom. The van der Waals surface area contributed by atoms with Gasteiger partial charge < -0.3 is 15.5 Å². The molecule has 4 aromatic rings. The highest BCUT2D eigenvalue weighted by molar-refractivity contribution is 6.03. The lowest BCUT2D eigenvalue weighted by molar-refractivity contribution is -0.116. The van der Waals surface area contributed by atoms with Gasteiger partial charge in [0.1, 0.15) is 5.82 Å². The van der Waals surface area contributed by atoms with E-state index in [4.69, 9.17) is 4.98 Å².